The highest BCUT2D eigenvalue weighted by molar-refractivity contribution is 6.66. The minimum absolute atomic E-state index is 0.788. The molecule has 0 radical (unpaired) electrons. The maximum atomic E-state index is 9.60. The van der Waals surface area contributed by atoms with Crippen molar-refractivity contribution < 1.29 is 9.22 Å². The van der Waals surface area contributed by atoms with E-state index in [0.29, 0.717) is 0 Å². The molecule has 1 fully saturated rings. The fraction of sp³-hybridized carbons (Fsp3) is 1.00. The molecule has 1 aliphatic heterocycles. The van der Waals surface area contributed by atoms with E-state index in [1.807, 2.05) is 6.92 Å². The fourth-order valence-electron chi connectivity index (χ4n) is 1.12. The maximum Gasteiger partial charge on any atom is 0.335 e. The average Bonchev–Trinajstić information content (AvgIpc) is 1.90. The summed E-state index contributed by atoms with van der Waals surface area (Å²) in [5.74, 6) is 0. The minimum atomic E-state index is -2.11. The van der Waals surface area contributed by atoms with Crippen LogP contribution in [-0.2, 0) is 4.43 Å². The first-order valence-corrected chi connectivity index (χ1v) is 5.90. The van der Waals surface area contributed by atoms with Crippen molar-refractivity contribution in [3.63, 3.8) is 0 Å². The van der Waals surface area contributed by atoms with Crippen molar-refractivity contribution in [2.24, 2.45) is 0 Å². The molecule has 54 valence electrons. The van der Waals surface area contributed by atoms with Gasteiger partial charge in [0.15, 0.2) is 0 Å². The zero-order chi connectivity index (χ0) is 6.74. The second-order valence-corrected chi connectivity index (χ2v) is 5.99. The Morgan fingerprint density at radius 2 is 2.33 bits per heavy atom. The molecule has 1 aliphatic rings. The summed E-state index contributed by atoms with van der Waals surface area (Å²) in [6.07, 6.45) is 2.30. The van der Waals surface area contributed by atoms with Gasteiger partial charge in [0.25, 0.3) is 0 Å². The lowest BCUT2D eigenvalue weighted by atomic mass is 10.4. The van der Waals surface area contributed by atoms with Gasteiger partial charge in [0.05, 0.1) is 0 Å². The molecule has 3 heteroatoms. The minimum Gasteiger partial charge on any atom is -0.411 e. The van der Waals surface area contributed by atoms with E-state index in [4.69, 9.17) is 4.43 Å². The van der Waals surface area contributed by atoms with Crippen LogP contribution in [0.1, 0.15) is 19.8 Å². The van der Waals surface area contributed by atoms with Crippen molar-refractivity contribution in [2.75, 3.05) is 6.61 Å². The van der Waals surface area contributed by atoms with Crippen LogP contribution >= 0.6 is 0 Å². The van der Waals surface area contributed by atoms with Crippen LogP contribution < -0.4 is 0 Å². The molecular weight excluding hydrogens is 132 g/mol. The molecule has 1 rings (SSSR count). The summed E-state index contributed by atoms with van der Waals surface area (Å²) in [6, 6.07) is 1.80. The molecule has 2 nitrogen and oxygen atoms in total. The second-order valence-electron chi connectivity index (χ2n) is 2.61. The van der Waals surface area contributed by atoms with Gasteiger partial charge in [0, 0.05) is 6.61 Å². The summed E-state index contributed by atoms with van der Waals surface area (Å²) in [6.45, 7) is 2.80. The van der Waals surface area contributed by atoms with Crippen LogP contribution in [0.5, 0.6) is 0 Å². The van der Waals surface area contributed by atoms with E-state index in [0.717, 1.165) is 31.5 Å². The van der Waals surface area contributed by atoms with Crippen molar-refractivity contribution in [3.05, 3.63) is 0 Å². The highest BCUT2D eigenvalue weighted by atomic mass is 28.4. The number of hydrogen-bond acceptors (Lipinski definition) is 2. The van der Waals surface area contributed by atoms with E-state index in [1.54, 1.807) is 0 Å². The van der Waals surface area contributed by atoms with Crippen LogP contribution in [0, 0.1) is 0 Å². The lowest BCUT2D eigenvalue weighted by molar-refractivity contribution is 0.202. The lowest BCUT2D eigenvalue weighted by Crippen LogP contribution is -2.40. The van der Waals surface area contributed by atoms with Crippen molar-refractivity contribution in [1.29, 1.82) is 0 Å². The SMILES string of the molecule is CC[Si]1(O)CCCCO1. The van der Waals surface area contributed by atoms with Crippen molar-refractivity contribution >= 4 is 8.56 Å². The average molecular weight is 146 g/mol. The van der Waals surface area contributed by atoms with Crippen LogP contribution in [-0.4, -0.2) is 20.0 Å². The van der Waals surface area contributed by atoms with E-state index in [9.17, 15) is 4.80 Å². The zero-order valence-electron chi connectivity index (χ0n) is 5.89. The number of hydrogen-bond donors (Lipinski definition) is 1. The standard InChI is InChI=1S/C6H14O2Si/c1-2-9(7)6-4-3-5-8-9/h7H,2-6H2,1H3. The third kappa shape index (κ3) is 1.78. The molecular formula is C6H14O2Si. The quantitative estimate of drug-likeness (QED) is 0.564. The summed E-state index contributed by atoms with van der Waals surface area (Å²) in [4.78, 5) is 9.60. The zero-order valence-corrected chi connectivity index (χ0v) is 6.89. The summed E-state index contributed by atoms with van der Waals surface area (Å²) >= 11 is 0. The molecule has 1 unspecified atom stereocenters. The first kappa shape index (κ1) is 7.25. The fourth-order valence-corrected chi connectivity index (χ4v) is 3.15. The van der Waals surface area contributed by atoms with E-state index in [1.165, 1.54) is 0 Å². The second kappa shape index (κ2) is 2.81. The van der Waals surface area contributed by atoms with Crippen LogP contribution in [0.2, 0.25) is 12.1 Å². The van der Waals surface area contributed by atoms with E-state index >= 15 is 0 Å². The first-order valence-electron chi connectivity index (χ1n) is 3.63. The van der Waals surface area contributed by atoms with E-state index in [-0.39, 0.29) is 0 Å². The first-order chi connectivity index (χ1) is 4.27. The van der Waals surface area contributed by atoms with E-state index in [2.05, 4.69) is 0 Å². The molecule has 1 heterocycles. The van der Waals surface area contributed by atoms with Crippen molar-refractivity contribution in [2.45, 2.75) is 31.9 Å². The Labute approximate surface area is 57.1 Å². The smallest absolute Gasteiger partial charge is 0.335 e. The van der Waals surface area contributed by atoms with Gasteiger partial charge >= 0.3 is 8.56 Å². The largest absolute Gasteiger partial charge is 0.411 e. The molecule has 0 amide bonds. The highest BCUT2D eigenvalue weighted by Crippen LogP contribution is 2.21. The lowest BCUT2D eigenvalue weighted by Gasteiger charge is -2.27. The molecule has 0 aliphatic carbocycles. The van der Waals surface area contributed by atoms with Gasteiger partial charge in [-0.1, -0.05) is 6.92 Å². The Morgan fingerprint density at radius 1 is 1.56 bits per heavy atom. The van der Waals surface area contributed by atoms with Crippen LogP contribution in [0.4, 0.5) is 0 Å². The van der Waals surface area contributed by atoms with Crippen LogP contribution in [0.15, 0.2) is 0 Å². The Morgan fingerprint density at radius 3 is 2.67 bits per heavy atom. The van der Waals surface area contributed by atoms with Gasteiger partial charge in [-0.3, -0.25) is 0 Å². The van der Waals surface area contributed by atoms with Gasteiger partial charge in [0.1, 0.15) is 0 Å². The monoisotopic (exact) mass is 146 g/mol. The van der Waals surface area contributed by atoms with Gasteiger partial charge in [0.2, 0.25) is 0 Å². The summed E-state index contributed by atoms with van der Waals surface area (Å²) in [5, 5.41) is 0. The van der Waals surface area contributed by atoms with Crippen LogP contribution in [0.3, 0.4) is 0 Å². The topological polar surface area (TPSA) is 29.5 Å². The van der Waals surface area contributed by atoms with Crippen LogP contribution in [0.25, 0.3) is 0 Å². The van der Waals surface area contributed by atoms with Gasteiger partial charge in [-0.25, -0.2) is 0 Å². The van der Waals surface area contributed by atoms with Gasteiger partial charge in [-0.05, 0) is 24.9 Å². The molecule has 1 N–H and O–H groups in total. The molecule has 0 bridgehead atoms. The molecule has 0 spiro atoms. The molecule has 1 atom stereocenters. The Kier molecular flexibility index (Phi) is 2.27. The Balaban J connectivity index is 2.37. The third-order valence-electron chi connectivity index (χ3n) is 1.88. The molecule has 0 aromatic heterocycles. The third-order valence-corrected chi connectivity index (χ3v) is 4.87. The van der Waals surface area contributed by atoms with Gasteiger partial charge in [-0.15, -0.1) is 0 Å². The van der Waals surface area contributed by atoms with Gasteiger partial charge < -0.3 is 9.22 Å². The van der Waals surface area contributed by atoms with Crippen molar-refractivity contribution in [1.82, 2.24) is 0 Å². The Bertz CT molecular complexity index is 89.1. The van der Waals surface area contributed by atoms with Gasteiger partial charge in [-0.2, -0.15) is 0 Å². The molecule has 9 heavy (non-hydrogen) atoms. The molecule has 0 aromatic rings. The number of rotatable bonds is 1. The summed E-state index contributed by atoms with van der Waals surface area (Å²) < 4.78 is 5.31. The highest BCUT2D eigenvalue weighted by Gasteiger charge is 2.32. The molecule has 0 aromatic carbocycles. The summed E-state index contributed by atoms with van der Waals surface area (Å²) in [5.41, 5.74) is 0. The van der Waals surface area contributed by atoms with Crippen molar-refractivity contribution in [3.8, 4) is 0 Å². The predicted octanol–water partition coefficient (Wildman–Crippen LogP) is 1.25. The summed E-state index contributed by atoms with van der Waals surface area (Å²) in [7, 11) is -2.11. The normalized spacial score (nSPS) is 36.7. The molecule has 1 saturated heterocycles. The predicted molar refractivity (Wildman–Crippen MR) is 38.4 cm³/mol. The maximum absolute atomic E-state index is 9.60. The van der Waals surface area contributed by atoms with E-state index < -0.39 is 8.56 Å². The molecule has 0 saturated carbocycles. The Hall–Kier alpha value is 0.137.